The van der Waals surface area contributed by atoms with Gasteiger partial charge in [0.25, 0.3) is 0 Å². The third-order valence-electron chi connectivity index (χ3n) is 5.11. The van der Waals surface area contributed by atoms with Crippen LogP contribution in [-0.2, 0) is 37.0 Å². The highest BCUT2D eigenvalue weighted by molar-refractivity contribution is 5.75. The third-order valence-corrected chi connectivity index (χ3v) is 5.11. The number of aryl methyl sites for hydroxylation is 3. The fraction of sp³-hybridized carbons (Fsp3) is 0.400. The van der Waals surface area contributed by atoms with Crippen molar-refractivity contribution in [2.24, 2.45) is 11.7 Å². The van der Waals surface area contributed by atoms with Crippen LogP contribution in [0.15, 0.2) is 30.3 Å². The third kappa shape index (κ3) is 3.77. The van der Waals surface area contributed by atoms with Crippen LogP contribution in [0.3, 0.4) is 0 Å². The summed E-state index contributed by atoms with van der Waals surface area (Å²) in [6.45, 7) is 2.93. The van der Waals surface area contributed by atoms with E-state index in [9.17, 15) is 4.79 Å². The van der Waals surface area contributed by atoms with E-state index in [-0.39, 0.29) is 6.42 Å². The van der Waals surface area contributed by atoms with Gasteiger partial charge in [-0.2, -0.15) is 10.2 Å². The summed E-state index contributed by atoms with van der Waals surface area (Å²) in [6.07, 6.45) is 4.03. The molecule has 1 aliphatic carbocycles. The Hall–Kier alpha value is -2.96. The Kier molecular flexibility index (Phi) is 4.75. The van der Waals surface area contributed by atoms with Gasteiger partial charge in [-0.25, -0.2) is 9.67 Å². The molecule has 3 aromatic rings. The van der Waals surface area contributed by atoms with Crippen molar-refractivity contribution in [1.29, 1.82) is 0 Å². The minimum absolute atomic E-state index is 0.0361. The molecule has 1 aromatic carbocycles. The number of rotatable bonds is 6. The number of nitrogens with two attached hydrogens (primary N) is 1. The number of fused-ring (bicyclic) bond motifs is 1. The van der Waals surface area contributed by atoms with E-state index >= 15 is 0 Å². The van der Waals surface area contributed by atoms with Gasteiger partial charge in [0, 0.05) is 17.8 Å². The lowest BCUT2D eigenvalue weighted by Crippen LogP contribution is -2.15. The van der Waals surface area contributed by atoms with E-state index in [0.717, 1.165) is 25.0 Å². The predicted molar refractivity (Wildman–Crippen MR) is 102 cm³/mol. The van der Waals surface area contributed by atoms with Crippen molar-refractivity contribution in [2.45, 2.75) is 45.6 Å². The van der Waals surface area contributed by atoms with Crippen LogP contribution in [0.4, 0.5) is 0 Å². The smallest absolute Gasteiger partial charge is 0.225 e. The minimum Gasteiger partial charge on any atom is -0.369 e. The summed E-state index contributed by atoms with van der Waals surface area (Å²) in [4.78, 5) is 15.9. The number of hydrogen-bond acceptors (Lipinski definition) is 4. The van der Waals surface area contributed by atoms with Crippen LogP contribution in [0.5, 0.6) is 0 Å². The largest absolute Gasteiger partial charge is 0.369 e. The first-order valence-electron chi connectivity index (χ1n) is 9.42. The maximum atomic E-state index is 11.3. The summed E-state index contributed by atoms with van der Waals surface area (Å²) in [5.41, 5.74) is 9.85. The van der Waals surface area contributed by atoms with Crippen molar-refractivity contribution in [3.8, 4) is 11.5 Å². The summed E-state index contributed by atoms with van der Waals surface area (Å²) < 4.78 is 1.86. The number of carbonyl (C=O) groups is 1. The minimum atomic E-state index is -0.431. The first kappa shape index (κ1) is 17.5. The molecule has 7 heteroatoms. The monoisotopic (exact) mass is 364 g/mol. The van der Waals surface area contributed by atoms with Gasteiger partial charge in [-0.05, 0) is 37.2 Å². The Labute approximate surface area is 158 Å². The predicted octanol–water partition coefficient (Wildman–Crippen LogP) is 2.06. The van der Waals surface area contributed by atoms with Crippen LogP contribution in [0.2, 0.25) is 0 Å². The molecule has 4 rings (SSSR count). The maximum Gasteiger partial charge on any atom is 0.225 e. The van der Waals surface area contributed by atoms with Gasteiger partial charge in [-0.1, -0.05) is 37.3 Å². The van der Waals surface area contributed by atoms with E-state index < -0.39 is 5.91 Å². The molecule has 0 radical (unpaired) electrons. The number of hydrogen-bond donors (Lipinski definition) is 2. The zero-order valence-electron chi connectivity index (χ0n) is 15.5. The number of nitrogens with one attached hydrogen (secondary N) is 1. The lowest BCUT2D eigenvalue weighted by molar-refractivity contribution is -0.117. The summed E-state index contributed by atoms with van der Waals surface area (Å²) in [5, 5.41) is 12.3. The molecule has 1 aliphatic rings. The molecule has 140 valence electrons. The number of benzene rings is 1. The second-order valence-electron chi connectivity index (χ2n) is 7.33. The standard InChI is InChI=1S/C20H24N6O/c1-13-7-8-16-15(11-13)19(24-23-16)20-22-18(12-17(21)27)25-26(20)10-9-14-5-3-2-4-6-14/h2-6,13H,7-12H2,1H3,(H2,21,27)(H,23,24)/t13-/m1/s1. The molecule has 0 fully saturated rings. The van der Waals surface area contributed by atoms with Crippen molar-refractivity contribution in [3.63, 3.8) is 0 Å². The average Bonchev–Trinajstić information content (AvgIpc) is 3.23. The average molecular weight is 364 g/mol. The molecule has 0 unspecified atom stereocenters. The van der Waals surface area contributed by atoms with Gasteiger partial charge in [0.15, 0.2) is 11.6 Å². The van der Waals surface area contributed by atoms with Crippen molar-refractivity contribution < 1.29 is 4.79 Å². The quantitative estimate of drug-likeness (QED) is 0.699. The van der Waals surface area contributed by atoms with E-state index in [1.54, 1.807) is 0 Å². The highest BCUT2D eigenvalue weighted by Crippen LogP contribution is 2.31. The topological polar surface area (TPSA) is 102 Å². The number of H-pyrrole nitrogens is 1. The highest BCUT2D eigenvalue weighted by atomic mass is 16.1. The van der Waals surface area contributed by atoms with Crippen LogP contribution in [0, 0.1) is 5.92 Å². The normalized spacial score (nSPS) is 16.3. The van der Waals surface area contributed by atoms with Crippen molar-refractivity contribution in [3.05, 3.63) is 53.0 Å². The molecule has 7 nitrogen and oxygen atoms in total. The fourth-order valence-corrected chi connectivity index (χ4v) is 3.68. The van der Waals surface area contributed by atoms with Gasteiger partial charge < -0.3 is 5.73 Å². The summed E-state index contributed by atoms with van der Waals surface area (Å²) in [6, 6.07) is 10.3. The Morgan fingerprint density at radius 2 is 2.15 bits per heavy atom. The Balaban J connectivity index is 1.67. The summed E-state index contributed by atoms with van der Waals surface area (Å²) in [5.74, 6) is 1.36. The van der Waals surface area contributed by atoms with Crippen molar-refractivity contribution in [1.82, 2.24) is 25.0 Å². The van der Waals surface area contributed by atoms with E-state index in [2.05, 4.69) is 39.3 Å². The molecule has 2 heterocycles. The molecule has 0 aliphatic heterocycles. The van der Waals surface area contributed by atoms with Crippen LogP contribution in [0.25, 0.3) is 11.5 Å². The first-order valence-corrected chi connectivity index (χ1v) is 9.42. The van der Waals surface area contributed by atoms with Crippen LogP contribution in [-0.4, -0.2) is 30.9 Å². The second kappa shape index (κ2) is 7.34. The maximum absolute atomic E-state index is 11.3. The second-order valence-corrected chi connectivity index (χ2v) is 7.33. The van der Waals surface area contributed by atoms with E-state index in [1.165, 1.54) is 23.2 Å². The molecule has 2 aromatic heterocycles. The number of aromatic amines is 1. The SMILES string of the molecule is C[C@@H]1CCc2[nH]nc(-c3nc(CC(N)=O)nn3CCc3ccccc3)c2C1. The molecule has 0 spiro atoms. The highest BCUT2D eigenvalue weighted by Gasteiger charge is 2.25. The van der Waals surface area contributed by atoms with E-state index in [1.807, 2.05) is 22.9 Å². The van der Waals surface area contributed by atoms with Gasteiger partial charge in [0.2, 0.25) is 5.91 Å². The van der Waals surface area contributed by atoms with E-state index in [0.29, 0.717) is 24.1 Å². The molecule has 0 bridgehead atoms. The van der Waals surface area contributed by atoms with Crippen LogP contribution < -0.4 is 5.73 Å². The molecule has 1 atom stereocenters. The van der Waals surface area contributed by atoms with Crippen LogP contribution >= 0.6 is 0 Å². The van der Waals surface area contributed by atoms with E-state index in [4.69, 9.17) is 5.73 Å². The zero-order valence-corrected chi connectivity index (χ0v) is 15.5. The van der Waals surface area contributed by atoms with Crippen LogP contribution in [0.1, 0.15) is 36.0 Å². The molecule has 0 saturated carbocycles. The zero-order chi connectivity index (χ0) is 18.8. The van der Waals surface area contributed by atoms with Gasteiger partial charge in [-0.15, -0.1) is 0 Å². The number of carbonyl (C=O) groups excluding carboxylic acids is 1. The van der Waals surface area contributed by atoms with Gasteiger partial charge >= 0.3 is 0 Å². The van der Waals surface area contributed by atoms with Gasteiger partial charge in [0.05, 0.1) is 6.42 Å². The number of amides is 1. The van der Waals surface area contributed by atoms with Crippen molar-refractivity contribution in [2.75, 3.05) is 0 Å². The van der Waals surface area contributed by atoms with Gasteiger partial charge in [0.1, 0.15) is 5.69 Å². The Morgan fingerprint density at radius 1 is 1.33 bits per heavy atom. The summed E-state index contributed by atoms with van der Waals surface area (Å²) >= 11 is 0. The number of primary amides is 1. The fourth-order valence-electron chi connectivity index (χ4n) is 3.68. The van der Waals surface area contributed by atoms with Gasteiger partial charge in [-0.3, -0.25) is 9.89 Å². The lowest BCUT2D eigenvalue weighted by atomic mass is 9.87. The summed E-state index contributed by atoms with van der Waals surface area (Å²) in [7, 11) is 0. The molecule has 3 N–H and O–H groups in total. The lowest BCUT2D eigenvalue weighted by Gasteiger charge is -2.18. The number of nitrogens with zero attached hydrogens (tertiary/aromatic N) is 4. The Morgan fingerprint density at radius 3 is 2.93 bits per heavy atom. The molecule has 1 amide bonds. The molecule has 27 heavy (non-hydrogen) atoms. The van der Waals surface area contributed by atoms with Crippen molar-refractivity contribution >= 4 is 5.91 Å². The number of aromatic nitrogens is 5. The Bertz CT molecular complexity index is 943. The molecular formula is C20H24N6O. The molecular weight excluding hydrogens is 340 g/mol. The first-order chi connectivity index (χ1) is 13.1. The molecule has 0 saturated heterocycles.